The lowest BCUT2D eigenvalue weighted by Crippen LogP contribution is -2.28. The number of amides is 1. The van der Waals surface area contributed by atoms with Crippen molar-refractivity contribution in [1.29, 1.82) is 0 Å². The van der Waals surface area contributed by atoms with Crippen molar-refractivity contribution in [2.75, 3.05) is 9.80 Å². The smallest absolute Gasteiger partial charge is 0.273 e. The number of hydrogen-bond donors (Lipinski definition) is 0. The van der Waals surface area contributed by atoms with Crippen LogP contribution in [-0.2, 0) is 4.79 Å². The number of benzene rings is 3. The van der Waals surface area contributed by atoms with E-state index >= 15 is 0 Å². The van der Waals surface area contributed by atoms with Crippen LogP contribution in [0, 0.1) is 0 Å². The molecule has 0 unspecified atom stereocenters. The lowest BCUT2D eigenvalue weighted by atomic mass is 10.1. The molecule has 3 aromatic carbocycles. The van der Waals surface area contributed by atoms with Gasteiger partial charge < -0.3 is 4.90 Å². The summed E-state index contributed by atoms with van der Waals surface area (Å²) in [4.78, 5) is 17.8. The average molecular weight is 445 g/mol. The molecule has 0 aromatic heterocycles. The summed E-state index contributed by atoms with van der Waals surface area (Å²) in [5.74, 6) is -0.0812. The van der Waals surface area contributed by atoms with Crippen molar-refractivity contribution in [2.45, 2.75) is 0 Å². The Kier molecular flexibility index (Phi) is 5.21. The van der Waals surface area contributed by atoms with Gasteiger partial charge >= 0.3 is 0 Å². The molecule has 1 fully saturated rings. The summed E-state index contributed by atoms with van der Waals surface area (Å²) < 4.78 is 0.551. The van der Waals surface area contributed by atoms with E-state index in [1.165, 1.54) is 11.8 Å². The molecular formula is C24H16N2OS3. The van der Waals surface area contributed by atoms with Gasteiger partial charge in [0.15, 0.2) is 4.32 Å². The molecule has 146 valence electrons. The minimum atomic E-state index is -0.0812. The maximum atomic E-state index is 13.4. The molecule has 2 aliphatic rings. The largest absolute Gasteiger partial charge is 0.302 e. The van der Waals surface area contributed by atoms with Crippen LogP contribution in [0.4, 0.5) is 11.4 Å². The van der Waals surface area contributed by atoms with Gasteiger partial charge in [-0.3, -0.25) is 9.69 Å². The molecule has 0 saturated carbocycles. The summed E-state index contributed by atoms with van der Waals surface area (Å²) in [6.07, 6.45) is 0. The zero-order valence-corrected chi connectivity index (χ0v) is 18.2. The molecule has 0 spiro atoms. The number of rotatable bonds is 3. The van der Waals surface area contributed by atoms with Gasteiger partial charge in [0.05, 0.1) is 11.4 Å². The molecule has 30 heavy (non-hydrogen) atoms. The van der Waals surface area contributed by atoms with Crippen LogP contribution in [0.25, 0.3) is 5.70 Å². The first-order chi connectivity index (χ1) is 14.7. The van der Waals surface area contributed by atoms with Gasteiger partial charge in [-0.05, 0) is 29.8 Å². The van der Waals surface area contributed by atoms with Gasteiger partial charge in [-0.2, -0.15) is 0 Å². The van der Waals surface area contributed by atoms with E-state index in [1.807, 2.05) is 66.7 Å². The Morgan fingerprint density at radius 1 is 0.700 bits per heavy atom. The van der Waals surface area contributed by atoms with Crippen molar-refractivity contribution >= 4 is 63.0 Å². The summed E-state index contributed by atoms with van der Waals surface area (Å²) in [6.45, 7) is 0. The number of carbonyl (C=O) groups excluding carboxylic acids is 1. The highest BCUT2D eigenvalue weighted by atomic mass is 32.2. The van der Waals surface area contributed by atoms with Crippen LogP contribution in [0.2, 0.25) is 0 Å². The first-order valence-electron chi connectivity index (χ1n) is 9.37. The Bertz CT molecular complexity index is 1170. The van der Waals surface area contributed by atoms with Crippen LogP contribution >= 0.6 is 35.7 Å². The lowest BCUT2D eigenvalue weighted by Gasteiger charge is -2.24. The monoisotopic (exact) mass is 444 g/mol. The normalized spacial score (nSPS) is 18.9. The number of hydrogen-bond acceptors (Lipinski definition) is 5. The Morgan fingerprint density at radius 3 is 1.83 bits per heavy atom. The molecular weight excluding hydrogens is 428 g/mol. The molecule has 3 aromatic rings. The minimum absolute atomic E-state index is 0.0812. The van der Waals surface area contributed by atoms with Gasteiger partial charge in [0.25, 0.3) is 5.91 Å². The SMILES string of the molecule is O=C1/C(=C2\SC=C(c3ccccc3)N2c2ccccc2)SC(=S)N1c1ccccc1. The third-order valence-electron chi connectivity index (χ3n) is 4.79. The Labute approximate surface area is 189 Å². The Balaban J connectivity index is 1.60. The first-order valence-corrected chi connectivity index (χ1v) is 11.5. The number of carbonyl (C=O) groups is 1. The molecule has 5 rings (SSSR count). The fourth-order valence-electron chi connectivity index (χ4n) is 3.42. The topological polar surface area (TPSA) is 23.6 Å². The molecule has 1 amide bonds. The average Bonchev–Trinajstić information content (AvgIpc) is 3.36. The molecule has 6 heteroatoms. The van der Waals surface area contributed by atoms with Crippen LogP contribution < -0.4 is 9.80 Å². The van der Waals surface area contributed by atoms with Gasteiger partial charge in [-0.15, -0.1) is 0 Å². The molecule has 0 aliphatic carbocycles. The maximum Gasteiger partial charge on any atom is 0.273 e. The van der Waals surface area contributed by atoms with E-state index < -0.39 is 0 Å². The Morgan fingerprint density at radius 2 is 1.23 bits per heavy atom. The molecule has 0 N–H and O–H groups in total. The van der Waals surface area contributed by atoms with Crippen LogP contribution in [-0.4, -0.2) is 10.2 Å². The number of nitrogens with zero attached hydrogens (tertiary/aromatic N) is 2. The molecule has 0 atom stereocenters. The highest BCUT2D eigenvalue weighted by molar-refractivity contribution is 8.27. The third kappa shape index (κ3) is 3.37. The van der Waals surface area contributed by atoms with E-state index in [0.717, 1.165) is 27.7 Å². The van der Waals surface area contributed by atoms with E-state index in [-0.39, 0.29) is 5.91 Å². The van der Waals surface area contributed by atoms with Crippen LogP contribution in [0.3, 0.4) is 0 Å². The van der Waals surface area contributed by atoms with E-state index in [9.17, 15) is 4.79 Å². The second-order valence-electron chi connectivity index (χ2n) is 6.64. The van der Waals surface area contributed by atoms with Crippen molar-refractivity contribution < 1.29 is 4.79 Å². The molecule has 0 bridgehead atoms. The van der Waals surface area contributed by atoms with Crippen molar-refractivity contribution in [1.82, 2.24) is 0 Å². The van der Waals surface area contributed by atoms with E-state index in [4.69, 9.17) is 12.2 Å². The number of anilines is 2. The fraction of sp³-hybridized carbons (Fsp3) is 0. The van der Waals surface area contributed by atoms with E-state index in [1.54, 1.807) is 16.7 Å². The number of thioether (sulfide) groups is 2. The molecule has 2 heterocycles. The van der Waals surface area contributed by atoms with Gasteiger partial charge in [-0.25, -0.2) is 0 Å². The lowest BCUT2D eigenvalue weighted by molar-refractivity contribution is -0.113. The van der Waals surface area contributed by atoms with E-state index in [0.29, 0.717) is 9.23 Å². The highest BCUT2D eigenvalue weighted by Crippen LogP contribution is 2.49. The summed E-state index contributed by atoms with van der Waals surface area (Å²) >= 11 is 8.50. The summed E-state index contributed by atoms with van der Waals surface area (Å²) in [7, 11) is 0. The van der Waals surface area contributed by atoms with Crippen LogP contribution in [0.5, 0.6) is 0 Å². The van der Waals surface area contributed by atoms with Gasteiger partial charge in [0, 0.05) is 11.1 Å². The van der Waals surface area contributed by atoms with Gasteiger partial charge in [0.2, 0.25) is 0 Å². The van der Waals surface area contributed by atoms with Crippen molar-refractivity contribution in [3.63, 3.8) is 0 Å². The quantitative estimate of drug-likeness (QED) is 0.340. The number of thiocarbonyl (C=S) groups is 1. The van der Waals surface area contributed by atoms with Crippen molar-refractivity contribution in [2.24, 2.45) is 0 Å². The molecule has 2 aliphatic heterocycles. The van der Waals surface area contributed by atoms with Crippen LogP contribution in [0.15, 0.2) is 106 Å². The predicted octanol–water partition coefficient (Wildman–Crippen LogP) is 6.47. The zero-order valence-electron chi connectivity index (χ0n) is 15.8. The third-order valence-corrected chi connectivity index (χ3v) is 7.23. The first kappa shape index (κ1) is 19.2. The van der Waals surface area contributed by atoms with Crippen molar-refractivity contribution in [3.8, 4) is 0 Å². The highest BCUT2D eigenvalue weighted by Gasteiger charge is 2.39. The minimum Gasteiger partial charge on any atom is -0.302 e. The second kappa shape index (κ2) is 8.14. The standard InChI is InChI=1S/C24H16N2OS3/c27-22-21(30-24(28)26(22)19-14-8-3-9-15-19)23-25(18-12-6-2-7-13-18)20(16-29-23)17-10-4-1-5-11-17/h1-16H/b23-21+. The predicted molar refractivity (Wildman–Crippen MR) is 132 cm³/mol. The Hall–Kier alpha value is -2.80. The molecule has 1 saturated heterocycles. The summed E-state index contributed by atoms with van der Waals surface area (Å²) in [6, 6.07) is 29.9. The summed E-state index contributed by atoms with van der Waals surface area (Å²) in [5, 5.41) is 2.99. The second-order valence-corrected chi connectivity index (χ2v) is 9.14. The van der Waals surface area contributed by atoms with E-state index in [2.05, 4.69) is 34.6 Å². The fourth-order valence-corrected chi connectivity index (χ4v) is 5.90. The zero-order chi connectivity index (χ0) is 20.5. The van der Waals surface area contributed by atoms with Crippen molar-refractivity contribution in [3.05, 3.63) is 112 Å². The van der Waals surface area contributed by atoms with Crippen LogP contribution in [0.1, 0.15) is 5.56 Å². The number of para-hydroxylation sites is 2. The van der Waals surface area contributed by atoms with Gasteiger partial charge in [0.1, 0.15) is 9.93 Å². The molecule has 0 radical (unpaired) electrons. The maximum absolute atomic E-state index is 13.4. The molecule has 3 nitrogen and oxygen atoms in total. The van der Waals surface area contributed by atoms with Gasteiger partial charge in [-0.1, -0.05) is 102 Å². The summed E-state index contributed by atoms with van der Waals surface area (Å²) in [5.41, 5.74) is 3.95.